The van der Waals surface area contributed by atoms with Crippen LogP contribution in [0.3, 0.4) is 0 Å². The van der Waals surface area contributed by atoms with Gasteiger partial charge in [-0.3, -0.25) is 4.79 Å². The van der Waals surface area contributed by atoms with Gasteiger partial charge in [0.05, 0.1) is 6.21 Å². The highest BCUT2D eigenvalue weighted by Crippen LogP contribution is 2.29. The van der Waals surface area contributed by atoms with Gasteiger partial charge in [0, 0.05) is 0 Å². The molecule has 4 aromatic rings. The summed E-state index contributed by atoms with van der Waals surface area (Å²) in [5.74, 6) is 0.0986. The number of aliphatic hydroxyl groups is 1. The highest BCUT2D eigenvalue weighted by molar-refractivity contribution is 5.91. The van der Waals surface area contributed by atoms with Gasteiger partial charge in [0.15, 0.2) is 5.60 Å². The maximum atomic E-state index is 13.0. The van der Waals surface area contributed by atoms with Gasteiger partial charge in [-0.1, -0.05) is 91.0 Å². The van der Waals surface area contributed by atoms with Crippen molar-refractivity contribution in [1.29, 1.82) is 0 Å². The fourth-order valence-corrected chi connectivity index (χ4v) is 3.42. The van der Waals surface area contributed by atoms with Gasteiger partial charge in [0.2, 0.25) is 0 Å². The molecule has 0 saturated heterocycles. The lowest BCUT2D eigenvalue weighted by atomic mass is 9.85. The highest BCUT2D eigenvalue weighted by Gasteiger charge is 2.39. The van der Waals surface area contributed by atoms with E-state index in [1.807, 2.05) is 66.7 Å². The monoisotopic (exact) mass is 436 g/mol. The van der Waals surface area contributed by atoms with Crippen LogP contribution in [0.1, 0.15) is 22.3 Å². The van der Waals surface area contributed by atoms with Crippen LogP contribution in [0.2, 0.25) is 0 Å². The molecule has 0 radical (unpaired) electrons. The van der Waals surface area contributed by atoms with Crippen molar-refractivity contribution in [3.63, 3.8) is 0 Å². The van der Waals surface area contributed by atoms with Crippen molar-refractivity contribution in [3.8, 4) is 5.75 Å². The van der Waals surface area contributed by atoms with Crippen molar-refractivity contribution in [1.82, 2.24) is 5.43 Å². The molecule has 0 aliphatic rings. The topological polar surface area (TPSA) is 70.9 Å². The number of hydrogen-bond acceptors (Lipinski definition) is 4. The lowest BCUT2D eigenvalue weighted by Gasteiger charge is -2.27. The predicted molar refractivity (Wildman–Crippen MR) is 129 cm³/mol. The Morgan fingerprint density at radius 1 is 0.788 bits per heavy atom. The van der Waals surface area contributed by atoms with E-state index in [4.69, 9.17) is 4.74 Å². The molecule has 1 amide bonds. The Morgan fingerprint density at radius 3 is 1.85 bits per heavy atom. The molecule has 4 aromatic carbocycles. The SMILES string of the molecule is O=C(NN=Cc1ccc(OCc2ccccc2)cc1)C(O)(c1ccccc1)c1ccccc1. The Hall–Kier alpha value is -4.22. The number of hydrogen-bond donors (Lipinski definition) is 2. The number of nitrogens with one attached hydrogen (secondary N) is 1. The van der Waals surface area contributed by atoms with Crippen molar-refractivity contribution >= 4 is 12.1 Å². The molecule has 0 fully saturated rings. The van der Waals surface area contributed by atoms with E-state index in [9.17, 15) is 9.90 Å². The zero-order valence-electron chi connectivity index (χ0n) is 18.0. The van der Waals surface area contributed by atoms with Gasteiger partial charge in [-0.2, -0.15) is 5.10 Å². The first-order chi connectivity index (χ1) is 16.2. The Balaban J connectivity index is 1.43. The summed E-state index contributed by atoms with van der Waals surface area (Å²) in [7, 11) is 0. The normalized spacial score (nSPS) is 11.3. The van der Waals surface area contributed by atoms with Crippen molar-refractivity contribution in [2.24, 2.45) is 5.10 Å². The van der Waals surface area contributed by atoms with Crippen LogP contribution in [0.15, 0.2) is 120 Å². The Labute approximate surface area is 193 Å². The van der Waals surface area contributed by atoms with Crippen molar-refractivity contribution in [2.45, 2.75) is 12.2 Å². The van der Waals surface area contributed by atoms with Crippen LogP contribution in [-0.4, -0.2) is 17.2 Å². The highest BCUT2D eigenvalue weighted by atomic mass is 16.5. The van der Waals surface area contributed by atoms with Crippen molar-refractivity contribution in [3.05, 3.63) is 138 Å². The molecule has 0 bridgehead atoms. The fraction of sp³-hybridized carbons (Fsp3) is 0.0714. The largest absolute Gasteiger partial charge is 0.489 e. The van der Waals surface area contributed by atoms with Crippen LogP contribution in [0.4, 0.5) is 0 Å². The van der Waals surface area contributed by atoms with E-state index in [2.05, 4.69) is 10.5 Å². The molecule has 0 unspecified atom stereocenters. The number of amides is 1. The molecular formula is C28H24N2O3. The number of hydrazone groups is 1. The predicted octanol–water partition coefficient (Wildman–Crippen LogP) is 4.65. The number of benzene rings is 4. The first-order valence-electron chi connectivity index (χ1n) is 10.6. The quantitative estimate of drug-likeness (QED) is 0.312. The van der Waals surface area contributed by atoms with Crippen LogP contribution in [0.5, 0.6) is 5.75 Å². The minimum Gasteiger partial charge on any atom is -0.489 e. The molecule has 5 heteroatoms. The third-order valence-electron chi connectivity index (χ3n) is 5.22. The van der Waals surface area contributed by atoms with E-state index in [0.29, 0.717) is 17.7 Å². The average molecular weight is 437 g/mol. The van der Waals surface area contributed by atoms with Gasteiger partial charge in [-0.15, -0.1) is 0 Å². The van der Waals surface area contributed by atoms with E-state index >= 15 is 0 Å². The molecule has 0 saturated carbocycles. The summed E-state index contributed by atoms with van der Waals surface area (Å²) in [5, 5.41) is 15.5. The molecule has 5 nitrogen and oxygen atoms in total. The second-order valence-corrected chi connectivity index (χ2v) is 7.48. The summed E-state index contributed by atoms with van der Waals surface area (Å²) in [5.41, 5.74) is 3.41. The minimum absolute atomic E-state index is 0.462. The Kier molecular flexibility index (Phi) is 6.93. The first kappa shape index (κ1) is 22.0. The lowest BCUT2D eigenvalue weighted by molar-refractivity contribution is -0.136. The summed E-state index contributed by atoms with van der Waals surface area (Å²) < 4.78 is 5.79. The summed E-state index contributed by atoms with van der Waals surface area (Å²) in [6.45, 7) is 0.488. The van der Waals surface area contributed by atoms with Gasteiger partial charge < -0.3 is 9.84 Å². The first-order valence-corrected chi connectivity index (χ1v) is 10.6. The molecule has 0 aliphatic heterocycles. The molecule has 2 N–H and O–H groups in total. The molecule has 33 heavy (non-hydrogen) atoms. The second kappa shape index (κ2) is 10.4. The van der Waals surface area contributed by atoms with Crippen LogP contribution < -0.4 is 10.2 Å². The summed E-state index contributed by atoms with van der Waals surface area (Å²) in [4.78, 5) is 13.0. The summed E-state index contributed by atoms with van der Waals surface area (Å²) in [6, 6.07) is 34.9. The molecule has 0 aromatic heterocycles. The van der Waals surface area contributed by atoms with Crippen LogP contribution in [0, 0.1) is 0 Å². The number of rotatable bonds is 8. The van der Waals surface area contributed by atoms with Crippen LogP contribution >= 0.6 is 0 Å². The molecule has 0 spiro atoms. The molecular weight excluding hydrogens is 412 g/mol. The van der Waals surface area contributed by atoms with Gasteiger partial charge in [0.1, 0.15) is 12.4 Å². The smallest absolute Gasteiger partial charge is 0.281 e. The van der Waals surface area contributed by atoms with Gasteiger partial charge in [-0.25, -0.2) is 5.43 Å². The number of ether oxygens (including phenoxy) is 1. The van der Waals surface area contributed by atoms with Gasteiger partial charge in [0.25, 0.3) is 5.91 Å². The van der Waals surface area contributed by atoms with E-state index in [0.717, 1.165) is 16.9 Å². The maximum Gasteiger partial charge on any atom is 0.281 e. The van der Waals surface area contributed by atoms with E-state index in [1.54, 1.807) is 48.5 Å². The maximum absolute atomic E-state index is 13.0. The molecule has 0 atom stereocenters. The van der Waals surface area contributed by atoms with Crippen molar-refractivity contribution < 1.29 is 14.6 Å². The molecule has 0 aliphatic carbocycles. The minimum atomic E-state index is -1.87. The Bertz CT molecular complexity index is 1150. The molecule has 0 heterocycles. The van der Waals surface area contributed by atoms with E-state index in [-0.39, 0.29) is 0 Å². The van der Waals surface area contributed by atoms with Crippen LogP contribution in [0.25, 0.3) is 0 Å². The number of nitrogens with zero attached hydrogens (tertiary/aromatic N) is 1. The average Bonchev–Trinajstić information content (AvgIpc) is 2.89. The second-order valence-electron chi connectivity index (χ2n) is 7.48. The van der Waals surface area contributed by atoms with E-state index < -0.39 is 11.5 Å². The van der Waals surface area contributed by atoms with Gasteiger partial charge in [-0.05, 0) is 46.5 Å². The Morgan fingerprint density at radius 2 is 1.30 bits per heavy atom. The molecule has 4 rings (SSSR count). The third-order valence-corrected chi connectivity index (χ3v) is 5.22. The standard InChI is InChI=1S/C28H24N2O3/c31-27(28(32,24-12-6-2-7-13-24)25-14-8-3-9-15-25)30-29-20-22-16-18-26(19-17-22)33-21-23-10-4-1-5-11-23/h1-20,32H,21H2,(H,30,31). The van der Waals surface area contributed by atoms with Crippen LogP contribution in [-0.2, 0) is 17.0 Å². The third kappa shape index (κ3) is 5.34. The molecule has 164 valence electrons. The van der Waals surface area contributed by atoms with Gasteiger partial charge >= 0.3 is 0 Å². The fourth-order valence-electron chi connectivity index (χ4n) is 3.42. The lowest BCUT2D eigenvalue weighted by Crippen LogP contribution is -2.43. The number of carbonyl (C=O) groups is 1. The van der Waals surface area contributed by atoms with E-state index in [1.165, 1.54) is 6.21 Å². The number of carbonyl (C=O) groups excluding carboxylic acids is 1. The summed E-state index contributed by atoms with van der Waals surface area (Å²) in [6.07, 6.45) is 1.52. The summed E-state index contributed by atoms with van der Waals surface area (Å²) >= 11 is 0. The van der Waals surface area contributed by atoms with Crippen molar-refractivity contribution in [2.75, 3.05) is 0 Å². The zero-order valence-corrected chi connectivity index (χ0v) is 18.0. The zero-order chi connectivity index (χ0) is 22.9.